The van der Waals surface area contributed by atoms with Crippen LogP contribution in [0.5, 0.6) is 0 Å². The molecule has 1 aromatic rings. The molecule has 0 radical (unpaired) electrons. The van der Waals surface area contributed by atoms with Crippen molar-refractivity contribution in [3.05, 3.63) is 5.01 Å². The summed E-state index contributed by atoms with van der Waals surface area (Å²) in [5.74, 6) is 0. The van der Waals surface area contributed by atoms with E-state index in [9.17, 15) is 4.79 Å². The lowest BCUT2D eigenvalue weighted by molar-refractivity contribution is -0.108. The molecule has 0 fully saturated rings. The van der Waals surface area contributed by atoms with Crippen LogP contribution in [0, 0.1) is 0 Å². The maximum absolute atomic E-state index is 11.9. The molecule has 1 N–H and O–H groups in total. The van der Waals surface area contributed by atoms with Gasteiger partial charge in [-0.05, 0) is 6.92 Å². The molecule has 0 aromatic carbocycles. The van der Waals surface area contributed by atoms with Crippen molar-refractivity contribution in [2.45, 2.75) is 19.3 Å². The molecular formula is C11H20N4O4S. The lowest BCUT2D eigenvalue weighted by Gasteiger charge is -2.21. The van der Waals surface area contributed by atoms with Crippen LogP contribution in [0.15, 0.2) is 0 Å². The molecule has 1 unspecified atom stereocenters. The predicted octanol–water partition coefficient (Wildman–Crippen LogP) is 1.33. The maximum Gasteiger partial charge on any atom is 0.323 e. The van der Waals surface area contributed by atoms with E-state index < -0.39 is 6.29 Å². The van der Waals surface area contributed by atoms with Crippen LogP contribution < -0.4 is 5.32 Å². The van der Waals surface area contributed by atoms with Crippen LogP contribution in [0.3, 0.4) is 0 Å². The van der Waals surface area contributed by atoms with Gasteiger partial charge < -0.3 is 19.1 Å². The Balaban J connectivity index is 2.55. The summed E-state index contributed by atoms with van der Waals surface area (Å²) in [5, 5.41) is 11.6. The van der Waals surface area contributed by atoms with Gasteiger partial charge in [-0.15, -0.1) is 10.2 Å². The second kappa shape index (κ2) is 8.10. The highest BCUT2D eigenvalue weighted by molar-refractivity contribution is 7.15. The number of urea groups is 1. The van der Waals surface area contributed by atoms with E-state index in [0.717, 1.165) is 0 Å². The van der Waals surface area contributed by atoms with E-state index in [1.807, 2.05) is 6.92 Å². The monoisotopic (exact) mass is 304 g/mol. The molecule has 0 bridgehead atoms. The highest BCUT2D eigenvalue weighted by Gasteiger charge is 2.17. The van der Waals surface area contributed by atoms with Gasteiger partial charge in [-0.1, -0.05) is 11.3 Å². The van der Waals surface area contributed by atoms with E-state index >= 15 is 0 Å². The largest absolute Gasteiger partial charge is 0.374 e. The van der Waals surface area contributed by atoms with Crippen LogP contribution in [-0.2, 0) is 14.2 Å². The lowest BCUT2D eigenvalue weighted by Crippen LogP contribution is -2.38. The number of nitrogens with one attached hydrogen (secondary N) is 1. The number of likely N-dealkylation sites (N-methyl/N-ethyl adjacent to an activating group) is 1. The van der Waals surface area contributed by atoms with Gasteiger partial charge in [0.05, 0.1) is 6.54 Å². The molecule has 1 rings (SSSR count). The number of amides is 2. The quantitative estimate of drug-likeness (QED) is 0.765. The third-order valence-corrected chi connectivity index (χ3v) is 3.65. The summed E-state index contributed by atoms with van der Waals surface area (Å²) in [5.41, 5.74) is 0. The molecule has 2 amide bonds. The molecule has 20 heavy (non-hydrogen) atoms. The Labute approximate surface area is 122 Å². The molecule has 0 saturated carbocycles. The van der Waals surface area contributed by atoms with Gasteiger partial charge in [0.1, 0.15) is 11.1 Å². The molecule has 114 valence electrons. The summed E-state index contributed by atoms with van der Waals surface area (Å²) in [6.07, 6.45) is -0.619. The molecule has 0 saturated heterocycles. The van der Waals surface area contributed by atoms with Crippen molar-refractivity contribution in [1.29, 1.82) is 0 Å². The zero-order valence-corrected chi connectivity index (χ0v) is 13.1. The molecule has 0 aliphatic rings. The molecule has 1 aromatic heterocycles. The fraction of sp³-hybridized carbons (Fsp3) is 0.727. The number of nitrogens with zero attached hydrogens (tertiary/aromatic N) is 3. The summed E-state index contributed by atoms with van der Waals surface area (Å²) < 4.78 is 15.2. The van der Waals surface area contributed by atoms with Crippen molar-refractivity contribution in [2.24, 2.45) is 0 Å². The van der Waals surface area contributed by atoms with E-state index in [-0.39, 0.29) is 12.1 Å². The third kappa shape index (κ3) is 4.67. The van der Waals surface area contributed by atoms with Gasteiger partial charge in [0, 0.05) is 28.4 Å². The summed E-state index contributed by atoms with van der Waals surface area (Å²) in [4.78, 5) is 13.4. The Morgan fingerprint density at radius 2 is 1.95 bits per heavy atom. The van der Waals surface area contributed by atoms with Crippen molar-refractivity contribution < 1.29 is 19.0 Å². The van der Waals surface area contributed by atoms with E-state index in [1.54, 1.807) is 14.2 Å². The number of carbonyl (C=O) groups is 1. The summed E-state index contributed by atoms with van der Waals surface area (Å²) in [7, 11) is 6.26. The Hall–Kier alpha value is -1.29. The standard InChI is InChI=1S/C11H20N4O4S/c1-7(17-3)9-13-14-10(20-9)12-11(16)15(2)6-8(18-4)19-5/h7-8H,6H2,1-5H3,(H,12,14,16). The molecule has 1 atom stereocenters. The second-order valence-electron chi connectivity index (χ2n) is 4.04. The summed E-state index contributed by atoms with van der Waals surface area (Å²) in [6.45, 7) is 2.17. The summed E-state index contributed by atoms with van der Waals surface area (Å²) in [6, 6.07) is -0.308. The van der Waals surface area contributed by atoms with Gasteiger partial charge >= 0.3 is 6.03 Å². The predicted molar refractivity (Wildman–Crippen MR) is 74.8 cm³/mol. The number of rotatable bonds is 7. The van der Waals surface area contributed by atoms with Crippen LogP contribution in [-0.4, -0.2) is 62.3 Å². The molecule has 8 nitrogen and oxygen atoms in total. The smallest absolute Gasteiger partial charge is 0.323 e. The van der Waals surface area contributed by atoms with Crippen molar-refractivity contribution in [1.82, 2.24) is 15.1 Å². The topological polar surface area (TPSA) is 85.8 Å². The number of hydrogen-bond acceptors (Lipinski definition) is 7. The zero-order valence-electron chi connectivity index (χ0n) is 12.2. The minimum atomic E-state index is -0.468. The Bertz CT molecular complexity index is 424. The fourth-order valence-electron chi connectivity index (χ4n) is 1.29. The molecule has 0 aliphatic carbocycles. The van der Waals surface area contributed by atoms with Crippen molar-refractivity contribution in [2.75, 3.05) is 40.2 Å². The van der Waals surface area contributed by atoms with Crippen molar-refractivity contribution in [3.63, 3.8) is 0 Å². The first-order chi connectivity index (χ1) is 9.51. The number of anilines is 1. The van der Waals surface area contributed by atoms with E-state index in [4.69, 9.17) is 14.2 Å². The second-order valence-corrected chi connectivity index (χ2v) is 5.04. The van der Waals surface area contributed by atoms with E-state index in [2.05, 4.69) is 15.5 Å². The Morgan fingerprint density at radius 3 is 2.50 bits per heavy atom. The van der Waals surface area contributed by atoms with Crippen LogP contribution in [0.25, 0.3) is 0 Å². The first-order valence-electron chi connectivity index (χ1n) is 5.95. The van der Waals surface area contributed by atoms with Crippen molar-refractivity contribution >= 4 is 22.5 Å². The maximum atomic E-state index is 11.9. The zero-order chi connectivity index (χ0) is 15.1. The van der Waals surface area contributed by atoms with E-state index in [1.165, 1.54) is 30.5 Å². The molecule has 9 heteroatoms. The average molecular weight is 304 g/mol. The average Bonchev–Trinajstić information content (AvgIpc) is 2.91. The highest BCUT2D eigenvalue weighted by Crippen LogP contribution is 2.23. The first kappa shape index (κ1) is 16.8. The molecular weight excluding hydrogens is 284 g/mol. The number of aromatic nitrogens is 2. The number of methoxy groups -OCH3 is 3. The van der Waals surface area contributed by atoms with Gasteiger partial charge in [0.15, 0.2) is 6.29 Å². The number of hydrogen-bond donors (Lipinski definition) is 1. The first-order valence-corrected chi connectivity index (χ1v) is 6.77. The van der Waals surface area contributed by atoms with Gasteiger partial charge in [0.2, 0.25) is 5.13 Å². The Morgan fingerprint density at radius 1 is 1.30 bits per heavy atom. The number of ether oxygens (including phenoxy) is 3. The van der Waals surface area contributed by atoms with Crippen LogP contribution in [0.1, 0.15) is 18.0 Å². The van der Waals surface area contributed by atoms with Gasteiger partial charge in [-0.3, -0.25) is 5.32 Å². The fourth-order valence-corrected chi connectivity index (χ4v) is 2.05. The lowest BCUT2D eigenvalue weighted by atomic mass is 10.4. The van der Waals surface area contributed by atoms with Crippen LogP contribution in [0.4, 0.5) is 9.93 Å². The van der Waals surface area contributed by atoms with Gasteiger partial charge in [-0.2, -0.15) is 0 Å². The van der Waals surface area contributed by atoms with Crippen LogP contribution >= 0.6 is 11.3 Å². The van der Waals surface area contributed by atoms with E-state index in [0.29, 0.717) is 16.7 Å². The van der Waals surface area contributed by atoms with Crippen LogP contribution in [0.2, 0.25) is 0 Å². The molecule has 0 spiro atoms. The van der Waals surface area contributed by atoms with Crippen molar-refractivity contribution in [3.8, 4) is 0 Å². The Kier molecular flexibility index (Phi) is 6.79. The minimum absolute atomic E-state index is 0.151. The minimum Gasteiger partial charge on any atom is -0.374 e. The normalized spacial score (nSPS) is 12.5. The highest BCUT2D eigenvalue weighted by atomic mass is 32.1. The third-order valence-electron chi connectivity index (χ3n) is 2.65. The summed E-state index contributed by atoms with van der Waals surface area (Å²) >= 11 is 1.27. The number of carbonyl (C=O) groups excluding carboxylic acids is 1. The van der Waals surface area contributed by atoms with Gasteiger partial charge in [0.25, 0.3) is 0 Å². The molecule has 0 aliphatic heterocycles. The SMILES string of the molecule is COC(CN(C)C(=O)Nc1nnc(C(C)OC)s1)OC. The molecule has 1 heterocycles. The van der Waals surface area contributed by atoms with Gasteiger partial charge in [-0.25, -0.2) is 4.79 Å².